The maximum atomic E-state index is 12.3. The zero-order valence-electron chi connectivity index (χ0n) is 12.5. The number of hydrogen-bond acceptors (Lipinski definition) is 5. The molecule has 0 radical (unpaired) electrons. The number of aromatic amines is 1. The second-order valence-corrected chi connectivity index (χ2v) is 6.23. The average Bonchev–Trinajstić information content (AvgIpc) is 2.94. The second kappa shape index (κ2) is 5.64. The van der Waals surface area contributed by atoms with Gasteiger partial charge in [-0.25, -0.2) is 4.98 Å². The summed E-state index contributed by atoms with van der Waals surface area (Å²) in [5.41, 5.74) is 1.56. The number of pyridine rings is 1. The molecule has 1 aliphatic heterocycles. The number of rotatable bonds is 3. The average molecular weight is 300 g/mol. The molecule has 0 atom stereocenters. The van der Waals surface area contributed by atoms with Crippen LogP contribution in [0.1, 0.15) is 42.6 Å². The molecule has 2 N–H and O–H groups in total. The predicted octanol–water partition coefficient (Wildman–Crippen LogP) is 1.10. The smallest absolute Gasteiger partial charge is 0.270 e. The molecule has 2 aromatic rings. The number of likely N-dealkylation sites (tertiary alicyclic amines) is 1. The molecule has 3 heterocycles. The Morgan fingerprint density at radius 3 is 2.73 bits per heavy atom. The van der Waals surface area contributed by atoms with Crippen molar-refractivity contribution in [2.24, 2.45) is 0 Å². The number of fused-ring (bicyclic) bond motifs is 1. The first-order valence-corrected chi connectivity index (χ1v) is 8.02. The van der Waals surface area contributed by atoms with Gasteiger partial charge in [-0.1, -0.05) is 6.42 Å². The molecule has 7 heteroatoms. The Kier molecular flexibility index (Phi) is 3.49. The third kappa shape index (κ3) is 2.56. The van der Waals surface area contributed by atoms with Crippen molar-refractivity contribution in [2.75, 3.05) is 13.1 Å². The van der Waals surface area contributed by atoms with Gasteiger partial charge in [0.15, 0.2) is 0 Å². The minimum absolute atomic E-state index is 0.119. The fourth-order valence-electron chi connectivity index (χ4n) is 3.28. The molecule has 7 nitrogen and oxygen atoms in total. The quantitative estimate of drug-likeness (QED) is 0.886. The molecule has 4 rings (SSSR count). The Hall–Kier alpha value is -2.02. The van der Waals surface area contributed by atoms with Crippen LogP contribution < -0.4 is 5.32 Å². The van der Waals surface area contributed by atoms with E-state index in [0.717, 1.165) is 32.0 Å². The predicted molar refractivity (Wildman–Crippen MR) is 81.4 cm³/mol. The van der Waals surface area contributed by atoms with Gasteiger partial charge >= 0.3 is 0 Å². The van der Waals surface area contributed by atoms with Gasteiger partial charge in [0, 0.05) is 25.2 Å². The molecule has 0 aromatic carbocycles. The summed E-state index contributed by atoms with van der Waals surface area (Å²) in [6.07, 6.45) is 6.11. The van der Waals surface area contributed by atoms with Crippen molar-refractivity contribution in [1.82, 2.24) is 30.6 Å². The van der Waals surface area contributed by atoms with Crippen LogP contribution in [-0.2, 0) is 0 Å². The van der Waals surface area contributed by atoms with E-state index in [0.29, 0.717) is 16.9 Å². The van der Waals surface area contributed by atoms with Gasteiger partial charge < -0.3 is 10.2 Å². The third-order valence-corrected chi connectivity index (χ3v) is 4.87. The first-order chi connectivity index (χ1) is 10.8. The standard InChI is InChI=1S/C15H20N6O/c22-15(13-5-4-12-14(17-13)19-20-18-12)16-10-6-8-21(9-7-10)11-2-1-3-11/h4-5,10-11H,1-3,6-9H2,(H,16,22)(H,17,18,19,20). The summed E-state index contributed by atoms with van der Waals surface area (Å²) in [5, 5.41) is 13.5. The first-order valence-electron chi connectivity index (χ1n) is 8.02. The number of nitrogens with zero attached hydrogens (tertiary/aromatic N) is 4. The number of piperidine rings is 1. The van der Waals surface area contributed by atoms with Crippen molar-refractivity contribution < 1.29 is 4.79 Å². The fraction of sp³-hybridized carbons (Fsp3) is 0.600. The number of carbonyl (C=O) groups excluding carboxylic acids is 1. The Balaban J connectivity index is 1.35. The van der Waals surface area contributed by atoms with E-state index in [4.69, 9.17) is 0 Å². The van der Waals surface area contributed by atoms with Crippen molar-refractivity contribution in [1.29, 1.82) is 0 Å². The molecule has 0 bridgehead atoms. The van der Waals surface area contributed by atoms with Crippen molar-refractivity contribution >= 4 is 17.1 Å². The van der Waals surface area contributed by atoms with E-state index in [2.05, 4.69) is 30.6 Å². The number of amides is 1. The highest BCUT2D eigenvalue weighted by Crippen LogP contribution is 2.27. The minimum Gasteiger partial charge on any atom is -0.348 e. The highest BCUT2D eigenvalue weighted by Gasteiger charge is 2.29. The van der Waals surface area contributed by atoms with Crippen molar-refractivity contribution in [3.05, 3.63) is 17.8 Å². The minimum atomic E-state index is -0.119. The number of aromatic nitrogens is 4. The van der Waals surface area contributed by atoms with Gasteiger partial charge in [0.05, 0.1) is 0 Å². The van der Waals surface area contributed by atoms with Crippen LogP contribution in [0, 0.1) is 0 Å². The second-order valence-electron chi connectivity index (χ2n) is 6.23. The maximum absolute atomic E-state index is 12.3. The fourth-order valence-corrected chi connectivity index (χ4v) is 3.28. The van der Waals surface area contributed by atoms with Crippen LogP contribution in [0.2, 0.25) is 0 Å². The molecule has 1 amide bonds. The molecule has 2 fully saturated rings. The van der Waals surface area contributed by atoms with E-state index in [1.807, 2.05) is 0 Å². The van der Waals surface area contributed by atoms with E-state index < -0.39 is 0 Å². The van der Waals surface area contributed by atoms with Gasteiger partial charge in [0.25, 0.3) is 5.91 Å². The van der Waals surface area contributed by atoms with Crippen LogP contribution in [0.25, 0.3) is 11.2 Å². The Labute approximate surface area is 128 Å². The van der Waals surface area contributed by atoms with Crippen molar-refractivity contribution in [3.8, 4) is 0 Å². The SMILES string of the molecule is O=C(NC1CCN(C2CCC2)CC1)c1ccc2n[nH]nc2n1. The van der Waals surface area contributed by atoms with E-state index in [1.54, 1.807) is 12.1 Å². The topological polar surface area (TPSA) is 86.8 Å². The molecule has 0 unspecified atom stereocenters. The Bertz CT molecular complexity index is 671. The molecule has 116 valence electrons. The summed E-state index contributed by atoms with van der Waals surface area (Å²) in [5.74, 6) is -0.119. The number of nitrogens with one attached hydrogen (secondary N) is 2. The van der Waals surface area contributed by atoms with Gasteiger partial charge in [0.2, 0.25) is 5.65 Å². The maximum Gasteiger partial charge on any atom is 0.270 e. The van der Waals surface area contributed by atoms with E-state index >= 15 is 0 Å². The molecule has 1 aliphatic carbocycles. The van der Waals surface area contributed by atoms with Crippen molar-refractivity contribution in [3.63, 3.8) is 0 Å². The van der Waals surface area contributed by atoms with Crippen LogP contribution in [-0.4, -0.2) is 56.4 Å². The number of carbonyl (C=O) groups is 1. The largest absolute Gasteiger partial charge is 0.348 e. The Morgan fingerprint density at radius 1 is 1.18 bits per heavy atom. The number of H-pyrrole nitrogens is 1. The van der Waals surface area contributed by atoms with E-state index in [9.17, 15) is 4.79 Å². The summed E-state index contributed by atoms with van der Waals surface area (Å²) in [6.45, 7) is 2.18. The van der Waals surface area contributed by atoms with Gasteiger partial charge in [-0.3, -0.25) is 4.79 Å². The van der Waals surface area contributed by atoms with Gasteiger partial charge in [-0.15, -0.1) is 5.10 Å². The van der Waals surface area contributed by atoms with Gasteiger partial charge in [-0.2, -0.15) is 10.3 Å². The van der Waals surface area contributed by atoms with Crippen LogP contribution in [0.5, 0.6) is 0 Å². The highest BCUT2D eigenvalue weighted by molar-refractivity contribution is 5.94. The zero-order chi connectivity index (χ0) is 14.9. The van der Waals surface area contributed by atoms with Gasteiger partial charge in [-0.05, 0) is 37.8 Å². The van der Waals surface area contributed by atoms with E-state index in [1.165, 1.54) is 19.3 Å². The summed E-state index contributed by atoms with van der Waals surface area (Å²) in [7, 11) is 0. The molecule has 0 spiro atoms. The third-order valence-electron chi connectivity index (χ3n) is 4.87. The van der Waals surface area contributed by atoms with Crippen LogP contribution in [0.15, 0.2) is 12.1 Å². The summed E-state index contributed by atoms with van der Waals surface area (Å²) >= 11 is 0. The Morgan fingerprint density at radius 2 is 2.00 bits per heavy atom. The van der Waals surface area contributed by atoms with Crippen molar-refractivity contribution in [2.45, 2.75) is 44.2 Å². The lowest BCUT2D eigenvalue weighted by Gasteiger charge is -2.41. The zero-order valence-corrected chi connectivity index (χ0v) is 12.5. The van der Waals surface area contributed by atoms with Crippen LogP contribution >= 0.6 is 0 Å². The van der Waals surface area contributed by atoms with Gasteiger partial charge in [0.1, 0.15) is 11.2 Å². The number of hydrogen-bond donors (Lipinski definition) is 2. The van der Waals surface area contributed by atoms with Crippen LogP contribution in [0.3, 0.4) is 0 Å². The molecule has 2 aliphatic rings. The monoisotopic (exact) mass is 300 g/mol. The lowest BCUT2D eigenvalue weighted by Crippen LogP contribution is -2.49. The molecule has 1 saturated carbocycles. The molecule has 1 saturated heterocycles. The lowest BCUT2D eigenvalue weighted by atomic mass is 9.89. The molecule has 22 heavy (non-hydrogen) atoms. The highest BCUT2D eigenvalue weighted by atomic mass is 16.1. The normalized spacial score (nSPS) is 20.9. The molecular weight excluding hydrogens is 280 g/mol. The summed E-state index contributed by atoms with van der Waals surface area (Å²) in [6, 6.07) is 4.51. The molecule has 2 aromatic heterocycles. The van der Waals surface area contributed by atoms with Crippen LogP contribution in [0.4, 0.5) is 0 Å². The summed E-state index contributed by atoms with van der Waals surface area (Å²) < 4.78 is 0. The first kappa shape index (κ1) is 13.6. The lowest BCUT2D eigenvalue weighted by molar-refractivity contribution is 0.0797. The summed E-state index contributed by atoms with van der Waals surface area (Å²) in [4.78, 5) is 19.1. The molecular formula is C15H20N6O. The van der Waals surface area contributed by atoms with E-state index in [-0.39, 0.29) is 11.9 Å².